The summed E-state index contributed by atoms with van der Waals surface area (Å²) in [6.07, 6.45) is 1.72. The van der Waals surface area contributed by atoms with E-state index < -0.39 is 5.91 Å². The first kappa shape index (κ1) is 17.4. The third-order valence-corrected chi connectivity index (χ3v) is 5.37. The molecule has 2 aliphatic heterocycles. The van der Waals surface area contributed by atoms with Gasteiger partial charge in [0.15, 0.2) is 0 Å². The first-order chi connectivity index (χ1) is 12.9. The minimum Gasteiger partial charge on any atom is -0.496 e. The SMILES string of the molecule is COc1ccc(C)c(-c2c(N)c(C(N)=O)n3c2C2NCNN2C(C)=C3)c1C. The molecular weight excluding hydrogens is 344 g/mol. The molecule has 1 aromatic heterocycles. The van der Waals surface area contributed by atoms with Crippen molar-refractivity contribution in [1.82, 2.24) is 20.3 Å². The molecule has 27 heavy (non-hydrogen) atoms. The van der Waals surface area contributed by atoms with Crippen molar-refractivity contribution in [2.45, 2.75) is 26.9 Å². The Morgan fingerprint density at radius 1 is 1.26 bits per heavy atom. The first-order valence-corrected chi connectivity index (χ1v) is 8.79. The number of hydrazine groups is 1. The zero-order valence-corrected chi connectivity index (χ0v) is 15.9. The minimum atomic E-state index is -0.554. The van der Waals surface area contributed by atoms with E-state index in [2.05, 4.69) is 10.7 Å². The van der Waals surface area contributed by atoms with Gasteiger partial charge in [0, 0.05) is 17.5 Å². The maximum Gasteiger partial charge on any atom is 0.267 e. The van der Waals surface area contributed by atoms with Crippen LogP contribution in [0.1, 0.15) is 40.4 Å². The number of carbonyl (C=O) groups excluding carboxylic acids is 1. The number of amides is 1. The molecule has 1 aromatic carbocycles. The molecule has 0 spiro atoms. The number of benzene rings is 1. The zero-order valence-electron chi connectivity index (χ0n) is 15.9. The van der Waals surface area contributed by atoms with Gasteiger partial charge in [-0.05, 0) is 43.5 Å². The molecule has 142 valence electrons. The molecule has 1 amide bonds. The van der Waals surface area contributed by atoms with Crippen LogP contribution in [0.2, 0.25) is 0 Å². The number of nitrogen functional groups attached to an aromatic ring is 1. The van der Waals surface area contributed by atoms with Crippen LogP contribution >= 0.6 is 0 Å². The van der Waals surface area contributed by atoms with Crippen molar-refractivity contribution in [3.05, 3.63) is 40.3 Å². The lowest BCUT2D eigenvalue weighted by molar-refractivity contribution is 0.0994. The van der Waals surface area contributed by atoms with Gasteiger partial charge in [-0.3, -0.25) is 15.1 Å². The van der Waals surface area contributed by atoms with Crippen LogP contribution in [0.4, 0.5) is 5.69 Å². The van der Waals surface area contributed by atoms with Crippen LogP contribution in [0.25, 0.3) is 17.3 Å². The number of anilines is 1. The summed E-state index contributed by atoms with van der Waals surface area (Å²) in [7, 11) is 1.64. The Morgan fingerprint density at radius 3 is 2.67 bits per heavy atom. The molecule has 1 fully saturated rings. The van der Waals surface area contributed by atoms with E-state index in [9.17, 15) is 4.79 Å². The number of carbonyl (C=O) groups is 1. The lowest BCUT2D eigenvalue weighted by Crippen LogP contribution is -2.36. The standard InChI is InChI=1S/C19H24N6O2/c1-9-5-6-12(27-4)11(3)13(9)14-15(20)17(18(21)26)24-7-10(2)25-19(16(14)24)22-8-23-25/h5-7,19,22-23H,8,20H2,1-4H3,(H2,21,26). The van der Waals surface area contributed by atoms with Gasteiger partial charge in [-0.2, -0.15) is 0 Å². The number of hydrogen-bond acceptors (Lipinski definition) is 6. The molecular formula is C19H24N6O2. The van der Waals surface area contributed by atoms with Crippen molar-refractivity contribution in [3.63, 3.8) is 0 Å². The van der Waals surface area contributed by atoms with E-state index in [4.69, 9.17) is 16.2 Å². The van der Waals surface area contributed by atoms with Gasteiger partial charge in [-0.15, -0.1) is 0 Å². The van der Waals surface area contributed by atoms with E-state index in [1.54, 1.807) is 7.11 Å². The zero-order chi connectivity index (χ0) is 19.5. The largest absolute Gasteiger partial charge is 0.496 e. The van der Waals surface area contributed by atoms with Crippen LogP contribution in [0.15, 0.2) is 17.8 Å². The molecule has 6 N–H and O–H groups in total. The van der Waals surface area contributed by atoms with Gasteiger partial charge >= 0.3 is 0 Å². The Morgan fingerprint density at radius 2 is 2.00 bits per heavy atom. The molecule has 4 rings (SSSR count). The highest BCUT2D eigenvalue weighted by Crippen LogP contribution is 2.46. The lowest BCUT2D eigenvalue weighted by atomic mass is 9.92. The summed E-state index contributed by atoms with van der Waals surface area (Å²) in [6.45, 7) is 6.61. The summed E-state index contributed by atoms with van der Waals surface area (Å²) in [6, 6.07) is 3.93. The van der Waals surface area contributed by atoms with Crippen molar-refractivity contribution in [2.75, 3.05) is 19.5 Å². The summed E-state index contributed by atoms with van der Waals surface area (Å²) < 4.78 is 7.34. The van der Waals surface area contributed by atoms with Gasteiger partial charge in [0.2, 0.25) is 0 Å². The molecule has 3 heterocycles. The van der Waals surface area contributed by atoms with Gasteiger partial charge < -0.3 is 20.8 Å². The second-order valence-electron chi connectivity index (χ2n) is 6.92. The Balaban J connectivity index is 2.11. The van der Waals surface area contributed by atoms with E-state index in [1.807, 2.05) is 48.7 Å². The van der Waals surface area contributed by atoms with E-state index >= 15 is 0 Å². The van der Waals surface area contributed by atoms with Crippen molar-refractivity contribution >= 4 is 17.8 Å². The van der Waals surface area contributed by atoms with E-state index in [0.29, 0.717) is 18.1 Å². The number of hydrogen-bond donors (Lipinski definition) is 4. The van der Waals surface area contributed by atoms with Gasteiger partial charge in [-0.1, -0.05) is 6.07 Å². The fraction of sp³-hybridized carbons (Fsp3) is 0.316. The Hall–Kier alpha value is -2.97. The Kier molecular flexibility index (Phi) is 3.90. The predicted molar refractivity (Wildman–Crippen MR) is 104 cm³/mol. The molecule has 8 heteroatoms. The monoisotopic (exact) mass is 368 g/mol. The normalized spacial score (nSPS) is 18.1. The Bertz CT molecular complexity index is 991. The van der Waals surface area contributed by atoms with Gasteiger partial charge in [0.05, 0.1) is 25.2 Å². The van der Waals surface area contributed by atoms with Crippen LogP contribution in [0.3, 0.4) is 0 Å². The number of methoxy groups -OCH3 is 1. The molecule has 2 aromatic rings. The summed E-state index contributed by atoms with van der Waals surface area (Å²) in [4.78, 5) is 12.2. The summed E-state index contributed by atoms with van der Waals surface area (Å²) >= 11 is 0. The number of aromatic nitrogens is 1. The number of primary amides is 1. The van der Waals surface area contributed by atoms with Gasteiger partial charge in [-0.25, -0.2) is 5.43 Å². The van der Waals surface area contributed by atoms with Gasteiger partial charge in [0.1, 0.15) is 17.6 Å². The van der Waals surface area contributed by atoms with Crippen LogP contribution in [-0.4, -0.2) is 29.3 Å². The molecule has 1 unspecified atom stereocenters. The maximum absolute atomic E-state index is 12.2. The van der Waals surface area contributed by atoms with Crippen molar-refractivity contribution in [2.24, 2.45) is 5.73 Å². The second kappa shape index (κ2) is 6.04. The smallest absolute Gasteiger partial charge is 0.267 e. The molecule has 1 atom stereocenters. The highest BCUT2D eigenvalue weighted by Gasteiger charge is 2.38. The Labute approximate surface area is 157 Å². The topological polar surface area (TPSA) is 111 Å². The third kappa shape index (κ3) is 2.34. The predicted octanol–water partition coefficient (Wildman–Crippen LogP) is 1.66. The number of ether oxygens (including phenoxy) is 1. The number of nitrogens with two attached hydrogens (primary N) is 2. The number of allylic oxidation sites excluding steroid dienone is 1. The molecule has 2 aliphatic rings. The molecule has 8 nitrogen and oxygen atoms in total. The van der Waals surface area contributed by atoms with Crippen molar-refractivity contribution in [1.29, 1.82) is 0 Å². The molecule has 1 saturated heterocycles. The van der Waals surface area contributed by atoms with Crippen molar-refractivity contribution in [3.8, 4) is 16.9 Å². The van der Waals surface area contributed by atoms with Crippen LogP contribution in [-0.2, 0) is 0 Å². The van der Waals surface area contributed by atoms with Crippen LogP contribution in [0, 0.1) is 13.8 Å². The number of fused-ring (bicyclic) bond motifs is 3. The maximum atomic E-state index is 12.2. The summed E-state index contributed by atoms with van der Waals surface area (Å²) in [5.41, 5.74) is 21.8. The fourth-order valence-corrected chi connectivity index (χ4v) is 4.18. The number of aryl methyl sites for hydroxylation is 1. The van der Waals surface area contributed by atoms with Crippen molar-refractivity contribution < 1.29 is 9.53 Å². The molecule has 0 radical (unpaired) electrons. The van der Waals surface area contributed by atoms with Gasteiger partial charge in [0.25, 0.3) is 5.91 Å². The minimum absolute atomic E-state index is 0.162. The quantitative estimate of drug-likeness (QED) is 0.656. The molecule has 0 saturated carbocycles. The third-order valence-electron chi connectivity index (χ3n) is 5.37. The molecule has 0 bridgehead atoms. The molecule has 0 aliphatic carbocycles. The van der Waals surface area contributed by atoms with E-state index in [0.717, 1.165) is 39.4 Å². The number of nitrogens with zero attached hydrogens (tertiary/aromatic N) is 2. The van der Waals surface area contributed by atoms with Crippen LogP contribution < -0.4 is 26.9 Å². The van der Waals surface area contributed by atoms with E-state index in [-0.39, 0.29) is 6.17 Å². The summed E-state index contributed by atoms with van der Waals surface area (Å²) in [5.74, 6) is 0.217. The second-order valence-corrected chi connectivity index (χ2v) is 6.92. The number of nitrogens with one attached hydrogen (secondary N) is 2. The fourth-order valence-electron chi connectivity index (χ4n) is 4.18. The average Bonchev–Trinajstić information content (AvgIpc) is 3.19. The van der Waals surface area contributed by atoms with E-state index in [1.165, 1.54) is 0 Å². The summed E-state index contributed by atoms with van der Waals surface area (Å²) in [5, 5.41) is 5.45. The first-order valence-electron chi connectivity index (χ1n) is 8.79. The lowest BCUT2D eigenvalue weighted by Gasteiger charge is -2.32. The highest BCUT2D eigenvalue weighted by molar-refractivity contribution is 6.03. The number of rotatable bonds is 3. The highest BCUT2D eigenvalue weighted by atomic mass is 16.5. The van der Waals surface area contributed by atoms with Crippen LogP contribution in [0.5, 0.6) is 5.75 Å². The average molecular weight is 368 g/mol.